The van der Waals surface area contributed by atoms with Gasteiger partial charge in [0.15, 0.2) is 15.6 Å². The van der Waals surface area contributed by atoms with Gasteiger partial charge in [-0.1, -0.05) is 17.7 Å². The normalized spacial score (nSPS) is 12.5. The van der Waals surface area contributed by atoms with E-state index >= 15 is 0 Å². The van der Waals surface area contributed by atoms with E-state index in [-0.39, 0.29) is 15.1 Å². The molecule has 0 spiro atoms. The van der Waals surface area contributed by atoms with Crippen molar-refractivity contribution in [2.75, 3.05) is 5.75 Å². The van der Waals surface area contributed by atoms with Gasteiger partial charge in [-0.3, -0.25) is 4.79 Å². The van der Waals surface area contributed by atoms with Gasteiger partial charge in [-0.25, -0.2) is 13.4 Å². The van der Waals surface area contributed by atoms with E-state index in [1.54, 1.807) is 5.38 Å². The van der Waals surface area contributed by atoms with Crippen LogP contribution in [0.1, 0.15) is 16.9 Å². The van der Waals surface area contributed by atoms with Crippen molar-refractivity contribution in [3.05, 3.63) is 34.7 Å². The summed E-state index contributed by atoms with van der Waals surface area (Å²) in [6.45, 7) is -0.500. The van der Waals surface area contributed by atoms with E-state index < -0.39 is 40.5 Å². The zero-order chi connectivity index (χ0) is 17.3. The molecule has 0 aliphatic heterocycles. The first-order valence-corrected chi connectivity index (χ1v) is 9.08. The molecule has 2 rings (SSSR count). The first-order chi connectivity index (χ1) is 10.6. The molecule has 23 heavy (non-hydrogen) atoms. The minimum atomic E-state index is -4.37. The number of thiophene rings is 1. The summed E-state index contributed by atoms with van der Waals surface area (Å²) in [4.78, 5) is 15.7. The second-order valence-electron chi connectivity index (χ2n) is 4.56. The highest BCUT2D eigenvalue weighted by atomic mass is 35.5. The van der Waals surface area contributed by atoms with E-state index in [0.29, 0.717) is 0 Å². The van der Waals surface area contributed by atoms with Gasteiger partial charge in [0, 0.05) is 6.54 Å². The van der Waals surface area contributed by atoms with E-state index in [2.05, 4.69) is 4.98 Å². The van der Waals surface area contributed by atoms with E-state index in [1.165, 1.54) is 12.1 Å². The standard InChI is InChI=1S/C12H10ClF3N2O3S2/c13-11-10(17-7-18(11)4-3-12(14,15)16)8(19)6-23(20,21)9-2-1-5-22-9/h1-2,5,7H,3-4,6H2. The van der Waals surface area contributed by atoms with Gasteiger partial charge in [-0.2, -0.15) is 13.2 Å². The zero-order valence-electron chi connectivity index (χ0n) is 11.4. The zero-order valence-corrected chi connectivity index (χ0v) is 13.8. The van der Waals surface area contributed by atoms with Crippen molar-refractivity contribution >= 4 is 38.6 Å². The molecule has 0 N–H and O–H groups in total. The SMILES string of the molecule is O=C(CS(=O)(=O)c1cccs1)c1ncn(CCC(F)(F)F)c1Cl. The van der Waals surface area contributed by atoms with Crippen molar-refractivity contribution in [2.45, 2.75) is 23.4 Å². The number of aromatic nitrogens is 2. The van der Waals surface area contributed by atoms with Crippen molar-refractivity contribution in [1.82, 2.24) is 9.55 Å². The summed E-state index contributed by atoms with van der Waals surface area (Å²) in [6, 6.07) is 2.89. The first kappa shape index (κ1) is 18.0. The Hall–Kier alpha value is -1.39. The Labute approximate surface area is 138 Å². The molecule has 0 saturated carbocycles. The smallest absolute Gasteiger partial charge is 0.321 e. The number of sulfone groups is 1. The third kappa shape index (κ3) is 4.55. The summed E-state index contributed by atoms with van der Waals surface area (Å²) in [5, 5.41) is 1.25. The lowest BCUT2D eigenvalue weighted by atomic mass is 10.3. The van der Waals surface area contributed by atoms with Gasteiger partial charge in [-0.15, -0.1) is 11.3 Å². The van der Waals surface area contributed by atoms with E-state index in [1.807, 2.05) is 0 Å². The molecular formula is C12H10ClF3N2O3S2. The number of rotatable bonds is 6. The lowest BCUT2D eigenvalue weighted by Gasteiger charge is -2.07. The van der Waals surface area contributed by atoms with Crippen LogP contribution in [-0.4, -0.2) is 35.7 Å². The van der Waals surface area contributed by atoms with Gasteiger partial charge in [0.1, 0.15) is 20.8 Å². The Morgan fingerprint density at radius 3 is 2.65 bits per heavy atom. The summed E-state index contributed by atoms with van der Waals surface area (Å²) >= 11 is 6.79. The Kier molecular flexibility index (Phi) is 5.17. The maximum atomic E-state index is 12.2. The number of aryl methyl sites for hydroxylation is 1. The largest absolute Gasteiger partial charge is 0.390 e. The molecule has 0 aromatic carbocycles. The van der Waals surface area contributed by atoms with E-state index in [4.69, 9.17) is 11.6 Å². The van der Waals surface area contributed by atoms with Crippen molar-refractivity contribution in [1.29, 1.82) is 0 Å². The number of carbonyl (C=O) groups is 1. The van der Waals surface area contributed by atoms with Crippen LogP contribution in [-0.2, 0) is 16.4 Å². The van der Waals surface area contributed by atoms with E-state index in [0.717, 1.165) is 22.2 Å². The Bertz CT molecular complexity index is 798. The molecule has 0 fully saturated rings. The molecule has 0 unspecified atom stereocenters. The topological polar surface area (TPSA) is 69.0 Å². The summed E-state index contributed by atoms with van der Waals surface area (Å²) in [5.74, 6) is -1.71. The minimum Gasteiger partial charge on any atom is -0.321 e. The van der Waals surface area contributed by atoms with Crippen LogP contribution in [0, 0.1) is 0 Å². The van der Waals surface area contributed by atoms with Crippen LogP contribution in [0.25, 0.3) is 0 Å². The highest BCUT2D eigenvalue weighted by molar-refractivity contribution is 7.94. The second-order valence-corrected chi connectivity index (χ2v) is 8.08. The lowest BCUT2D eigenvalue weighted by molar-refractivity contribution is -0.136. The minimum absolute atomic E-state index is 0.0264. The quantitative estimate of drug-likeness (QED) is 0.715. The monoisotopic (exact) mass is 386 g/mol. The van der Waals surface area contributed by atoms with Crippen molar-refractivity contribution in [3.63, 3.8) is 0 Å². The molecule has 2 aromatic rings. The van der Waals surface area contributed by atoms with Crippen molar-refractivity contribution < 1.29 is 26.4 Å². The molecule has 2 heterocycles. The number of halogens is 4. The van der Waals surface area contributed by atoms with Gasteiger partial charge < -0.3 is 4.57 Å². The summed E-state index contributed by atoms with van der Waals surface area (Å²) < 4.78 is 61.6. The van der Waals surface area contributed by atoms with Crippen LogP contribution in [0.4, 0.5) is 13.2 Å². The third-order valence-corrected chi connectivity index (χ3v) is 6.30. The highest BCUT2D eigenvalue weighted by Crippen LogP contribution is 2.24. The number of hydrogen-bond donors (Lipinski definition) is 0. The van der Waals surface area contributed by atoms with Gasteiger partial charge >= 0.3 is 6.18 Å². The van der Waals surface area contributed by atoms with Crippen LogP contribution in [0.3, 0.4) is 0 Å². The number of hydrogen-bond acceptors (Lipinski definition) is 5. The number of nitrogens with zero attached hydrogens (tertiary/aromatic N) is 2. The number of carbonyl (C=O) groups excluding carboxylic acids is 1. The fourth-order valence-electron chi connectivity index (χ4n) is 1.71. The molecule has 11 heteroatoms. The molecule has 0 bridgehead atoms. The van der Waals surface area contributed by atoms with Crippen LogP contribution >= 0.6 is 22.9 Å². The van der Waals surface area contributed by atoms with Crippen LogP contribution in [0.5, 0.6) is 0 Å². The Balaban J connectivity index is 2.13. The van der Waals surface area contributed by atoms with Gasteiger partial charge in [-0.05, 0) is 11.4 Å². The molecule has 0 saturated heterocycles. The molecular weight excluding hydrogens is 377 g/mol. The summed E-state index contributed by atoms with van der Waals surface area (Å²) in [6.07, 6.45) is -4.52. The van der Waals surface area contributed by atoms with Crippen molar-refractivity contribution in [2.24, 2.45) is 0 Å². The Morgan fingerprint density at radius 2 is 2.09 bits per heavy atom. The lowest BCUT2D eigenvalue weighted by Crippen LogP contribution is -2.17. The first-order valence-electron chi connectivity index (χ1n) is 6.17. The number of Topliss-reactive ketones (excluding diaryl/α,β-unsaturated/α-hetero) is 1. The molecule has 0 atom stereocenters. The highest BCUT2D eigenvalue weighted by Gasteiger charge is 2.29. The Morgan fingerprint density at radius 1 is 1.39 bits per heavy atom. The summed E-state index contributed by atoms with van der Waals surface area (Å²) in [7, 11) is -3.83. The fourth-order valence-corrected chi connectivity index (χ4v) is 4.28. The van der Waals surface area contributed by atoms with E-state index in [9.17, 15) is 26.4 Å². The fraction of sp³-hybridized carbons (Fsp3) is 0.333. The maximum Gasteiger partial charge on any atom is 0.390 e. The van der Waals surface area contributed by atoms with Gasteiger partial charge in [0.25, 0.3) is 0 Å². The molecule has 126 valence electrons. The van der Waals surface area contributed by atoms with Crippen LogP contribution in [0.2, 0.25) is 5.15 Å². The molecule has 0 radical (unpaired) electrons. The van der Waals surface area contributed by atoms with Crippen LogP contribution < -0.4 is 0 Å². The average molecular weight is 387 g/mol. The maximum absolute atomic E-state index is 12.2. The predicted molar refractivity (Wildman–Crippen MR) is 78.6 cm³/mol. The molecule has 2 aromatic heterocycles. The number of alkyl halides is 3. The summed E-state index contributed by atoms with van der Waals surface area (Å²) in [5.41, 5.74) is -0.353. The number of ketones is 1. The second kappa shape index (κ2) is 6.62. The predicted octanol–water partition coefficient (Wildman–Crippen LogP) is 3.21. The van der Waals surface area contributed by atoms with Crippen LogP contribution in [0.15, 0.2) is 28.0 Å². The molecule has 0 amide bonds. The third-order valence-electron chi connectivity index (χ3n) is 2.80. The van der Waals surface area contributed by atoms with Gasteiger partial charge in [0.05, 0.1) is 12.7 Å². The molecule has 5 nitrogen and oxygen atoms in total. The van der Waals surface area contributed by atoms with Gasteiger partial charge in [0.2, 0.25) is 0 Å². The van der Waals surface area contributed by atoms with Crippen molar-refractivity contribution in [3.8, 4) is 0 Å². The average Bonchev–Trinajstić information content (AvgIpc) is 3.04. The molecule has 0 aliphatic rings. The molecule has 0 aliphatic carbocycles. The number of imidazole rings is 1.